The van der Waals surface area contributed by atoms with Crippen molar-refractivity contribution in [2.45, 2.75) is 4.90 Å². The van der Waals surface area contributed by atoms with Gasteiger partial charge >= 0.3 is 0 Å². The number of hydrogen-bond donors (Lipinski definition) is 0. The summed E-state index contributed by atoms with van der Waals surface area (Å²) >= 11 is 10.8. The third-order valence-electron chi connectivity index (χ3n) is 1.17. The van der Waals surface area contributed by atoms with Crippen molar-refractivity contribution < 1.29 is 8.42 Å². The van der Waals surface area contributed by atoms with Crippen LogP contribution < -0.4 is 5.73 Å². The molecule has 0 bridgehead atoms. The van der Waals surface area contributed by atoms with E-state index in [0.29, 0.717) is 0 Å². The van der Waals surface area contributed by atoms with Crippen molar-refractivity contribution in [2.75, 3.05) is 6.26 Å². The van der Waals surface area contributed by atoms with Crippen LogP contribution in [0.4, 0.5) is 5.82 Å². The summed E-state index contributed by atoms with van der Waals surface area (Å²) in [5.41, 5.74) is 7.21. The van der Waals surface area contributed by atoms with Gasteiger partial charge in [0.1, 0.15) is 4.90 Å². The summed E-state index contributed by atoms with van der Waals surface area (Å²) in [6.45, 7) is 0. The van der Waals surface area contributed by atoms with Crippen LogP contribution in [-0.2, 0) is 9.84 Å². The van der Waals surface area contributed by atoms with Gasteiger partial charge in [-0.1, -0.05) is 11.6 Å². The Bertz CT molecular complexity index is 422. The van der Waals surface area contributed by atoms with Crippen LogP contribution in [0.25, 0.3) is 0 Å². The molecule has 1 radical (unpaired) electrons. The van der Waals surface area contributed by atoms with Crippen molar-refractivity contribution in [1.29, 1.82) is 0 Å². The van der Waals surface area contributed by atoms with Gasteiger partial charge in [0.25, 0.3) is 0 Å². The minimum absolute atomic E-state index is 0.248. The molecule has 0 aliphatic carbocycles. The van der Waals surface area contributed by atoms with Gasteiger partial charge in [-0.3, -0.25) is 5.73 Å². The van der Waals surface area contributed by atoms with Crippen molar-refractivity contribution in [1.82, 2.24) is 15.7 Å². The second-order valence-corrected chi connectivity index (χ2v) is 4.88. The molecule has 1 aromatic rings. The molecule has 0 saturated carbocycles. The first-order valence-electron chi connectivity index (χ1n) is 2.97. The van der Waals surface area contributed by atoms with Gasteiger partial charge in [0.2, 0.25) is 5.28 Å². The molecule has 0 spiro atoms. The quantitative estimate of drug-likeness (QED) is 0.544. The lowest BCUT2D eigenvalue weighted by Gasteiger charge is -2.02. The van der Waals surface area contributed by atoms with Crippen LogP contribution in [0.2, 0.25) is 10.4 Å². The normalized spacial score (nSPS) is 11.6. The first-order chi connectivity index (χ1) is 5.82. The zero-order chi connectivity index (χ0) is 10.2. The summed E-state index contributed by atoms with van der Waals surface area (Å²) < 4.78 is 22.1. The van der Waals surface area contributed by atoms with E-state index in [1.807, 2.05) is 0 Å². The lowest BCUT2D eigenvalue weighted by molar-refractivity contribution is 0.601. The average molecular weight is 241 g/mol. The van der Waals surface area contributed by atoms with Crippen LogP contribution in [0.1, 0.15) is 0 Å². The Morgan fingerprint density at radius 1 is 1.31 bits per heavy atom. The Balaban J connectivity index is 3.57. The van der Waals surface area contributed by atoms with Crippen LogP contribution in [0.5, 0.6) is 0 Å². The standard InChI is InChI=1S/C5H4Cl2N3O2S/c1-13(11,12)2-3(6)9-5(7)10-4(2)8/h8H,1H3. The number of nitrogens with zero attached hydrogens (tertiary/aromatic N) is 2. The molecule has 1 rings (SSSR count). The molecule has 8 heteroatoms. The molecule has 1 N–H and O–H groups in total. The lowest BCUT2D eigenvalue weighted by atomic mass is 10.6. The minimum atomic E-state index is -3.58. The van der Waals surface area contributed by atoms with E-state index in [9.17, 15) is 8.42 Å². The molecule has 0 unspecified atom stereocenters. The molecule has 5 nitrogen and oxygen atoms in total. The van der Waals surface area contributed by atoms with Crippen molar-refractivity contribution >= 4 is 38.9 Å². The van der Waals surface area contributed by atoms with Gasteiger partial charge in [-0.2, -0.15) is 4.98 Å². The van der Waals surface area contributed by atoms with Gasteiger partial charge in [-0.15, -0.1) is 0 Å². The smallest absolute Gasteiger partial charge is 0.225 e. The Labute approximate surface area is 84.8 Å². The summed E-state index contributed by atoms with van der Waals surface area (Å²) in [5, 5.41) is -0.574. The molecule has 1 aromatic heterocycles. The van der Waals surface area contributed by atoms with E-state index in [-0.39, 0.29) is 10.4 Å². The van der Waals surface area contributed by atoms with E-state index in [0.717, 1.165) is 6.26 Å². The highest BCUT2D eigenvalue weighted by molar-refractivity contribution is 7.91. The lowest BCUT2D eigenvalue weighted by Crippen LogP contribution is -2.03. The number of rotatable bonds is 1. The third-order valence-corrected chi connectivity index (χ3v) is 2.85. The highest BCUT2D eigenvalue weighted by Gasteiger charge is 2.19. The number of aromatic nitrogens is 2. The molecule has 0 amide bonds. The van der Waals surface area contributed by atoms with Crippen molar-refractivity contribution in [2.24, 2.45) is 0 Å². The molecule has 0 aliphatic rings. The number of halogens is 2. The molecular formula is C5H4Cl2N3O2S. The fourth-order valence-electron chi connectivity index (χ4n) is 0.726. The second kappa shape index (κ2) is 3.28. The van der Waals surface area contributed by atoms with Crippen molar-refractivity contribution in [3.63, 3.8) is 0 Å². The largest absolute Gasteiger partial charge is 0.282 e. The van der Waals surface area contributed by atoms with E-state index in [2.05, 4.69) is 9.97 Å². The van der Waals surface area contributed by atoms with E-state index >= 15 is 0 Å². The molecule has 0 saturated heterocycles. The Morgan fingerprint density at radius 2 is 1.85 bits per heavy atom. The summed E-state index contributed by atoms with van der Waals surface area (Å²) in [6.07, 6.45) is 0.920. The predicted octanol–water partition coefficient (Wildman–Crippen LogP) is 1.10. The molecule has 71 valence electrons. The van der Waals surface area contributed by atoms with Gasteiger partial charge in [0, 0.05) is 6.26 Å². The van der Waals surface area contributed by atoms with E-state index in [1.54, 1.807) is 0 Å². The number of sulfone groups is 1. The first-order valence-corrected chi connectivity index (χ1v) is 5.62. The average Bonchev–Trinajstić information content (AvgIpc) is 1.78. The maximum atomic E-state index is 11.1. The van der Waals surface area contributed by atoms with Crippen LogP contribution in [0.3, 0.4) is 0 Å². The number of nitrogens with one attached hydrogen (secondary N) is 1. The maximum absolute atomic E-state index is 11.1. The molecule has 0 aromatic carbocycles. The molecular weight excluding hydrogens is 237 g/mol. The molecule has 13 heavy (non-hydrogen) atoms. The maximum Gasteiger partial charge on any atom is 0.225 e. The summed E-state index contributed by atoms with van der Waals surface area (Å²) in [4.78, 5) is 6.38. The molecule has 0 aliphatic heterocycles. The van der Waals surface area contributed by atoms with Crippen molar-refractivity contribution in [3.05, 3.63) is 10.4 Å². The van der Waals surface area contributed by atoms with Gasteiger partial charge in [0.15, 0.2) is 20.8 Å². The van der Waals surface area contributed by atoms with E-state index in [1.165, 1.54) is 0 Å². The van der Waals surface area contributed by atoms with Crippen LogP contribution >= 0.6 is 23.2 Å². The van der Waals surface area contributed by atoms with E-state index < -0.39 is 20.6 Å². The molecule has 0 fully saturated rings. The van der Waals surface area contributed by atoms with Gasteiger partial charge in [-0.25, -0.2) is 13.4 Å². The number of hydrogen-bond acceptors (Lipinski definition) is 4. The third kappa shape index (κ3) is 2.20. The van der Waals surface area contributed by atoms with E-state index in [4.69, 9.17) is 28.9 Å². The van der Waals surface area contributed by atoms with Crippen molar-refractivity contribution in [3.8, 4) is 0 Å². The van der Waals surface area contributed by atoms with Crippen LogP contribution in [-0.4, -0.2) is 24.6 Å². The van der Waals surface area contributed by atoms with Crippen LogP contribution in [0.15, 0.2) is 4.90 Å². The Kier molecular flexibility index (Phi) is 2.65. The zero-order valence-electron chi connectivity index (χ0n) is 6.38. The minimum Gasteiger partial charge on any atom is -0.282 e. The highest BCUT2D eigenvalue weighted by atomic mass is 35.5. The fraction of sp³-hybridized carbons (Fsp3) is 0.200. The monoisotopic (exact) mass is 240 g/mol. The Morgan fingerprint density at radius 3 is 2.23 bits per heavy atom. The second-order valence-electron chi connectivity index (χ2n) is 2.23. The van der Waals surface area contributed by atoms with Gasteiger partial charge in [0.05, 0.1) is 0 Å². The highest BCUT2D eigenvalue weighted by Crippen LogP contribution is 2.26. The first kappa shape index (κ1) is 10.5. The van der Waals surface area contributed by atoms with Gasteiger partial charge in [-0.05, 0) is 11.6 Å². The zero-order valence-corrected chi connectivity index (χ0v) is 8.70. The topological polar surface area (TPSA) is 83.7 Å². The SMILES string of the molecule is CS(=O)(=O)c1c([NH])nc(Cl)nc1Cl. The predicted molar refractivity (Wildman–Crippen MR) is 47.9 cm³/mol. The Hall–Kier alpha value is -0.590. The summed E-state index contributed by atoms with van der Waals surface area (Å²) in [6, 6.07) is 0. The molecule has 1 heterocycles. The summed E-state index contributed by atoms with van der Waals surface area (Å²) in [7, 11) is -3.58. The van der Waals surface area contributed by atoms with Crippen LogP contribution in [0, 0.1) is 0 Å². The van der Waals surface area contributed by atoms with Gasteiger partial charge < -0.3 is 0 Å². The fourth-order valence-corrected chi connectivity index (χ4v) is 2.28. The summed E-state index contributed by atoms with van der Waals surface area (Å²) in [5.74, 6) is -0.493. The molecule has 0 atom stereocenters.